The molecule has 1 amide bonds. The van der Waals surface area contributed by atoms with Crippen molar-refractivity contribution >= 4 is 5.91 Å². The molecule has 0 aromatic rings. The van der Waals surface area contributed by atoms with E-state index in [0.717, 1.165) is 45.2 Å². The molecule has 88 valence electrons. The molecule has 2 N–H and O–H groups in total. The van der Waals surface area contributed by atoms with E-state index in [4.69, 9.17) is 5.73 Å². The molecule has 1 rings (SSSR count). The van der Waals surface area contributed by atoms with Crippen LogP contribution in [0.3, 0.4) is 0 Å². The number of nitrogens with two attached hydrogens (primary N) is 1. The van der Waals surface area contributed by atoms with Crippen LogP contribution in [0.15, 0.2) is 0 Å². The Bertz CT molecular complexity index is 200. The van der Waals surface area contributed by atoms with Gasteiger partial charge in [-0.3, -0.25) is 4.79 Å². The molecule has 0 aromatic heterocycles. The number of amides is 1. The lowest BCUT2D eigenvalue weighted by Crippen LogP contribution is -2.52. The van der Waals surface area contributed by atoms with E-state index in [0.29, 0.717) is 12.5 Å². The maximum atomic E-state index is 12.3. The molecule has 3 nitrogen and oxygen atoms in total. The van der Waals surface area contributed by atoms with E-state index in [9.17, 15) is 4.79 Å². The summed E-state index contributed by atoms with van der Waals surface area (Å²) in [4.78, 5) is 14.3. The molecule has 0 bridgehead atoms. The van der Waals surface area contributed by atoms with Crippen molar-refractivity contribution in [1.82, 2.24) is 4.90 Å². The Labute approximate surface area is 93.0 Å². The first-order chi connectivity index (χ1) is 7.20. The highest BCUT2D eigenvalue weighted by Crippen LogP contribution is 2.41. The second kappa shape index (κ2) is 5.50. The lowest BCUT2D eigenvalue weighted by molar-refractivity contribution is -0.146. The molecule has 1 saturated carbocycles. The second-order valence-corrected chi connectivity index (χ2v) is 4.63. The third kappa shape index (κ3) is 2.51. The highest BCUT2D eigenvalue weighted by Gasteiger charge is 2.44. The van der Waals surface area contributed by atoms with Crippen LogP contribution in [0.2, 0.25) is 0 Å². The van der Waals surface area contributed by atoms with Crippen molar-refractivity contribution in [3.8, 4) is 0 Å². The summed E-state index contributed by atoms with van der Waals surface area (Å²) in [7, 11) is 0. The van der Waals surface area contributed by atoms with Crippen LogP contribution in [0.1, 0.15) is 46.0 Å². The average Bonchev–Trinajstić information content (AvgIpc) is 2.16. The summed E-state index contributed by atoms with van der Waals surface area (Å²) < 4.78 is 0. The molecule has 0 radical (unpaired) electrons. The predicted molar refractivity (Wildman–Crippen MR) is 62.5 cm³/mol. The molecule has 3 heteroatoms. The van der Waals surface area contributed by atoms with Crippen LogP contribution < -0.4 is 5.73 Å². The zero-order valence-electron chi connectivity index (χ0n) is 10.1. The molecular formula is C12H24N2O. The minimum Gasteiger partial charge on any atom is -0.342 e. The Kier molecular flexibility index (Phi) is 4.58. The second-order valence-electron chi connectivity index (χ2n) is 4.63. The number of carbonyl (C=O) groups excluding carboxylic acids is 1. The smallest absolute Gasteiger partial charge is 0.230 e. The maximum Gasteiger partial charge on any atom is 0.230 e. The van der Waals surface area contributed by atoms with Crippen LogP contribution >= 0.6 is 0 Å². The third-order valence-corrected chi connectivity index (χ3v) is 3.43. The van der Waals surface area contributed by atoms with E-state index in [1.807, 2.05) is 4.90 Å². The standard InChI is InChI=1S/C12H24N2O/c1-3-8-14(9-4-2)11(15)12(10-13)6-5-7-12/h3-10,13H2,1-2H3. The van der Waals surface area contributed by atoms with Gasteiger partial charge in [0.25, 0.3) is 0 Å². The lowest BCUT2D eigenvalue weighted by Gasteiger charge is -2.42. The van der Waals surface area contributed by atoms with Crippen molar-refractivity contribution in [2.75, 3.05) is 19.6 Å². The summed E-state index contributed by atoms with van der Waals surface area (Å²) in [5, 5.41) is 0. The summed E-state index contributed by atoms with van der Waals surface area (Å²) in [5.41, 5.74) is 5.56. The molecule has 15 heavy (non-hydrogen) atoms. The molecule has 0 atom stereocenters. The quantitative estimate of drug-likeness (QED) is 0.729. The van der Waals surface area contributed by atoms with Gasteiger partial charge in [-0.05, 0) is 25.7 Å². The molecule has 0 unspecified atom stereocenters. The molecule has 0 aromatic carbocycles. The largest absolute Gasteiger partial charge is 0.342 e. The predicted octanol–water partition coefficient (Wildman–Crippen LogP) is 1.76. The van der Waals surface area contributed by atoms with Gasteiger partial charge in [-0.25, -0.2) is 0 Å². The van der Waals surface area contributed by atoms with E-state index in [-0.39, 0.29) is 5.41 Å². The summed E-state index contributed by atoms with van der Waals surface area (Å²) in [6.07, 6.45) is 5.21. The zero-order valence-corrected chi connectivity index (χ0v) is 10.1. The molecule has 0 heterocycles. The molecule has 0 aliphatic heterocycles. The van der Waals surface area contributed by atoms with Crippen molar-refractivity contribution in [2.24, 2.45) is 11.1 Å². The van der Waals surface area contributed by atoms with E-state index in [1.165, 1.54) is 0 Å². The van der Waals surface area contributed by atoms with Crippen molar-refractivity contribution in [3.63, 3.8) is 0 Å². The molecule has 1 aliphatic carbocycles. The topological polar surface area (TPSA) is 46.3 Å². The van der Waals surface area contributed by atoms with Gasteiger partial charge in [0.05, 0.1) is 5.41 Å². The van der Waals surface area contributed by atoms with Gasteiger partial charge in [-0.2, -0.15) is 0 Å². The Morgan fingerprint density at radius 2 is 1.80 bits per heavy atom. The van der Waals surface area contributed by atoms with Crippen LogP contribution in [0.4, 0.5) is 0 Å². The first-order valence-corrected chi connectivity index (χ1v) is 6.19. The minimum atomic E-state index is -0.190. The van der Waals surface area contributed by atoms with Gasteiger partial charge in [0.1, 0.15) is 0 Å². The van der Waals surface area contributed by atoms with Crippen LogP contribution in [0.25, 0.3) is 0 Å². The number of nitrogens with zero attached hydrogens (tertiary/aromatic N) is 1. The number of hydrogen-bond acceptors (Lipinski definition) is 2. The van der Waals surface area contributed by atoms with Crippen LogP contribution in [-0.4, -0.2) is 30.4 Å². The Morgan fingerprint density at radius 1 is 1.27 bits per heavy atom. The number of rotatable bonds is 6. The van der Waals surface area contributed by atoms with Crippen LogP contribution in [0.5, 0.6) is 0 Å². The van der Waals surface area contributed by atoms with Gasteiger partial charge in [0, 0.05) is 19.6 Å². The minimum absolute atomic E-state index is 0.190. The third-order valence-electron chi connectivity index (χ3n) is 3.43. The molecular weight excluding hydrogens is 188 g/mol. The van der Waals surface area contributed by atoms with Gasteiger partial charge >= 0.3 is 0 Å². The van der Waals surface area contributed by atoms with Gasteiger partial charge < -0.3 is 10.6 Å². The molecule has 1 fully saturated rings. The van der Waals surface area contributed by atoms with Crippen LogP contribution in [0, 0.1) is 5.41 Å². The Balaban J connectivity index is 2.61. The highest BCUT2D eigenvalue weighted by atomic mass is 16.2. The van der Waals surface area contributed by atoms with Gasteiger partial charge in [0.15, 0.2) is 0 Å². The first-order valence-electron chi connectivity index (χ1n) is 6.19. The van der Waals surface area contributed by atoms with Crippen molar-refractivity contribution in [3.05, 3.63) is 0 Å². The maximum absolute atomic E-state index is 12.3. The molecule has 1 aliphatic rings. The number of hydrogen-bond donors (Lipinski definition) is 1. The monoisotopic (exact) mass is 212 g/mol. The summed E-state index contributed by atoms with van der Waals surface area (Å²) >= 11 is 0. The zero-order chi connectivity index (χ0) is 11.3. The molecule has 0 spiro atoms. The normalized spacial score (nSPS) is 18.3. The number of carbonyl (C=O) groups is 1. The van der Waals surface area contributed by atoms with E-state index < -0.39 is 0 Å². The fourth-order valence-corrected chi connectivity index (χ4v) is 2.30. The fourth-order valence-electron chi connectivity index (χ4n) is 2.30. The van der Waals surface area contributed by atoms with Crippen LogP contribution in [-0.2, 0) is 4.79 Å². The van der Waals surface area contributed by atoms with E-state index >= 15 is 0 Å². The fraction of sp³-hybridized carbons (Fsp3) is 0.917. The van der Waals surface area contributed by atoms with Gasteiger partial charge in [-0.15, -0.1) is 0 Å². The van der Waals surface area contributed by atoms with Crippen molar-refractivity contribution in [1.29, 1.82) is 0 Å². The van der Waals surface area contributed by atoms with E-state index in [1.54, 1.807) is 0 Å². The Hall–Kier alpha value is -0.570. The highest BCUT2D eigenvalue weighted by molar-refractivity contribution is 5.83. The average molecular weight is 212 g/mol. The lowest BCUT2D eigenvalue weighted by atomic mass is 9.68. The summed E-state index contributed by atoms with van der Waals surface area (Å²) in [6, 6.07) is 0. The molecule has 0 saturated heterocycles. The Morgan fingerprint density at radius 3 is 2.07 bits per heavy atom. The summed E-state index contributed by atoms with van der Waals surface area (Å²) in [5.74, 6) is 0.306. The first kappa shape index (κ1) is 12.5. The van der Waals surface area contributed by atoms with Crippen molar-refractivity contribution < 1.29 is 4.79 Å². The SMILES string of the molecule is CCCN(CCC)C(=O)C1(CN)CCC1. The van der Waals surface area contributed by atoms with Gasteiger partial charge in [-0.1, -0.05) is 20.3 Å². The van der Waals surface area contributed by atoms with Crippen molar-refractivity contribution in [2.45, 2.75) is 46.0 Å². The van der Waals surface area contributed by atoms with E-state index in [2.05, 4.69) is 13.8 Å². The summed E-state index contributed by atoms with van der Waals surface area (Å²) in [6.45, 7) is 6.52. The van der Waals surface area contributed by atoms with Gasteiger partial charge in [0.2, 0.25) is 5.91 Å².